The Morgan fingerprint density at radius 1 is 1.36 bits per heavy atom. The van der Waals surface area contributed by atoms with Crippen molar-refractivity contribution in [2.45, 2.75) is 32.9 Å². The molecule has 2 aromatic rings. The van der Waals surface area contributed by atoms with Gasteiger partial charge in [0, 0.05) is 24.5 Å². The Balaban J connectivity index is 1.51. The Bertz CT molecular complexity index is 725. The molecule has 0 aliphatic carbocycles. The van der Waals surface area contributed by atoms with Crippen LogP contribution in [0.2, 0.25) is 0 Å². The Labute approximate surface area is 147 Å². The van der Waals surface area contributed by atoms with Crippen LogP contribution in [0.15, 0.2) is 28.7 Å². The second kappa shape index (κ2) is 7.78. The third-order valence-electron chi connectivity index (χ3n) is 4.65. The molecule has 2 atom stereocenters. The molecule has 1 saturated heterocycles. The largest absolute Gasteiger partial charge is 0.493 e. The number of methoxy groups -OCH3 is 1. The van der Waals surface area contributed by atoms with Gasteiger partial charge in [0.2, 0.25) is 0 Å². The molecule has 1 aliphatic rings. The summed E-state index contributed by atoms with van der Waals surface area (Å²) < 4.78 is 16.8. The summed E-state index contributed by atoms with van der Waals surface area (Å²) in [6.45, 7) is 6.04. The molecule has 2 heterocycles. The van der Waals surface area contributed by atoms with Gasteiger partial charge in [0.15, 0.2) is 11.3 Å². The number of carbonyl (C=O) groups excluding carboxylic acids is 1. The number of carbonyl (C=O) groups is 1. The first kappa shape index (κ1) is 17.6. The fraction of sp³-hybridized carbons (Fsp3) is 0.526. The SMILES string of the molecule is COc1cccc2cc(CNC(=O)NC[C@@H]3CCO[C@@H]3C(C)C)oc12. The van der Waals surface area contributed by atoms with Gasteiger partial charge in [0.1, 0.15) is 5.76 Å². The second-order valence-corrected chi connectivity index (χ2v) is 6.78. The molecular weight excluding hydrogens is 320 g/mol. The smallest absolute Gasteiger partial charge is 0.315 e. The van der Waals surface area contributed by atoms with Gasteiger partial charge in [0.05, 0.1) is 19.8 Å². The molecular formula is C19H26N2O4. The fourth-order valence-corrected chi connectivity index (χ4v) is 3.40. The zero-order chi connectivity index (χ0) is 17.8. The number of ether oxygens (including phenoxy) is 2. The van der Waals surface area contributed by atoms with E-state index in [0.717, 1.165) is 18.4 Å². The number of nitrogens with one attached hydrogen (secondary N) is 2. The Morgan fingerprint density at radius 3 is 2.96 bits per heavy atom. The molecule has 6 nitrogen and oxygen atoms in total. The van der Waals surface area contributed by atoms with Crippen LogP contribution in [0, 0.1) is 11.8 Å². The number of para-hydroxylation sites is 1. The summed E-state index contributed by atoms with van der Waals surface area (Å²) >= 11 is 0. The fourth-order valence-electron chi connectivity index (χ4n) is 3.40. The molecule has 0 radical (unpaired) electrons. The molecule has 0 saturated carbocycles. The molecule has 2 amide bonds. The minimum atomic E-state index is -0.193. The van der Waals surface area contributed by atoms with Crippen molar-refractivity contribution < 1.29 is 18.7 Å². The zero-order valence-corrected chi connectivity index (χ0v) is 15.0. The molecule has 6 heteroatoms. The van der Waals surface area contributed by atoms with Crippen LogP contribution in [-0.2, 0) is 11.3 Å². The second-order valence-electron chi connectivity index (χ2n) is 6.78. The summed E-state index contributed by atoms with van der Waals surface area (Å²) in [6.07, 6.45) is 1.22. The number of fused-ring (bicyclic) bond motifs is 1. The van der Waals surface area contributed by atoms with Crippen molar-refractivity contribution in [2.24, 2.45) is 11.8 Å². The van der Waals surface area contributed by atoms with Crippen molar-refractivity contribution in [3.63, 3.8) is 0 Å². The third-order valence-corrected chi connectivity index (χ3v) is 4.65. The maximum absolute atomic E-state index is 12.1. The normalized spacial score (nSPS) is 20.2. The van der Waals surface area contributed by atoms with Gasteiger partial charge in [-0.05, 0) is 24.5 Å². The quantitative estimate of drug-likeness (QED) is 0.842. The van der Waals surface area contributed by atoms with E-state index in [1.54, 1.807) is 7.11 Å². The van der Waals surface area contributed by atoms with Crippen molar-refractivity contribution in [3.05, 3.63) is 30.0 Å². The molecule has 3 rings (SSSR count). The highest BCUT2D eigenvalue weighted by Crippen LogP contribution is 2.28. The molecule has 1 aliphatic heterocycles. The standard InChI is InChI=1S/C19H26N2O4/c1-12(2)17-14(7-8-24-17)10-20-19(22)21-11-15-9-13-5-4-6-16(23-3)18(13)25-15/h4-6,9,12,14,17H,7-8,10-11H2,1-3H3,(H2,20,21,22)/t14-,17+/m0/s1. The number of rotatable bonds is 6. The van der Waals surface area contributed by atoms with Crippen LogP contribution in [0.5, 0.6) is 5.75 Å². The first-order valence-corrected chi connectivity index (χ1v) is 8.77. The van der Waals surface area contributed by atoms with E-state index in [-0.39, 0.29) is 12.1 Å². The van der Waals surface area contributed by atoms with Crippen molar-refractivity contribution in [1.82, 2.24) is 10.6 Å². The van der Waals surface area contributed by atoms with E-state index < -0.39 is 0 Å². The van der Waals surface area contributed by atoms with E-state index in [9.17, 15) is 4.79 Å². The lowest BCUT2D eigenvalue weighted by molar-refractivity contribution is 0.0545. The summed E-state index contributed by atoms with van der Waals surface area (Å²) in [4.78, 5) is 12.1. The number of benzene rings is 1. The maximum Gasteiger partial charge on any atom is 0.315 e. The van der Waals surface area contributed by atoms with E-state index >= 15 is 0 Å². The number of amides is 2. The highest BCUT2D eigenvalue weighted by atomic mass is 16.5. The molecule has 136 valence electrons. The summed E-state index contributed by atoms with van der Waals surface area (Å²) in [6, 6.07) is 7.44. The first-order chi connectivity index (χ1) is 12.1. The molecule has 0 bridgehead atoms. The van der Waals surface area contributed by atoms with Gasteiger partial charge in [-0.1, -0.05) is 26.0 Å². The summed E-state index contributed by atoms with van der Waals surface area (Å²) in [5.41, 5.74) is 0.699. The van der Waals surface area contributed by atoms with E-state index in [0.29, 0.717) is 42.0 Å². The lowest BCUT2D eigenvalue weighted by Crippen LogP contribution is -2.40. The Kier molecular flexibility index (Phi) is 5.48. The van der Waals surface area contributed by atoms with Crippen LogP contribution in [0.1, 0.15) is 26.0 Å². The van der Waals surface area contributed by atoms with E-state index in [2.05, 4.69) is 24.5 Å². The lowest BCUT2D eigenvalue weighted by atomic mass is 9.93. The molecule has 25 heavy (non-hydrogen) atoms. The molecule has 1 fully saturated rings. The zero-order valence-electron chi connectivity index (χ0n) is 15.0. The van der Waals surface area contributed by atoms with Crippen LogP contribution < -0.4 is 15.4 Å². The highest BCUT2D eigenvalue weighted by molar-refractivity contribution is 5.83. The average Bonchev–Trinajstić information content (AvgIpc) is 3.23. The number of urea groups is 1. The van der Waals surface area contributed by atoms with Gasteiger partial charge < -0.3 is 24.5 Å². The van der Waals surface area contributed by atoms with Crippen LogP contribution in [-0.4, -0.2) is 32.4 Å². The van der Waals surface area contributed by atoms with E-state index in [4.69, 9.17) is 13.9 Å². The number of hydrogen-bond acceptors (Lipinski definition) is 4. The highest BCUT2D eigenvalue weighted by Gasteiger charge is 2.30. The number of furan rings is 1. The van der Waals surface area contributed by atoms with Gasteiger partial charge in [-0.25, -0.2) is 4.79 Å². The van der Waals surface area contributed by atoms with Crippen LogP contribution >= 0.6 is 0 Å². The molecule has 1 aromatic carbocycles. The Hall–Kier alpha value is -2.21. The first-order valence-electron chi connectivity index (χ1n) is 8.77. The summed E-state index contributed by atoms with van der Waals surface area (Å²) in [7, 11) is 1.61. The van der Waals surface area contributed by atoms with E-state index in [1.807, 2.05) is 24.3 Å². The van der Waals surface area contributed by atoms with Crippen molar-refractivity contribution in [2.75, 3.05) is 20.3 Å². The van der Waals surface area contributed by atoms with Gasteiger partial charge in [-0.2, -0.15) is 0 Å². The van der Waals surface area contributed by atoms with Crippen molar-refractivity contribution >= 4 is 17.0 Å². The maximum atomic E-state index is 12.1. The predicted molar refractivity (Wildman–Crippen MR) is 95.7 cm³/mol. The minimum Gasteiger partial charge on any atom is -0.493 e. The van der Waals surface area contributed by atoms with E-state index in [1.165, 1.54) is 0 Å². The van der Waals surface area contributed by atoms with Crippen LogP contribution in [0.3, 0.4) is 0 Å². The Morgan fingerprint density at radius 2 is 2.20 bits per heavy atom. The predicted octanol–water partition coefficient (Wildman–Crippen LogP) is 3.30. The number of hydrogen-bond donors (Lipinski definition) is 2. The molecule has 0 spiro atoms. The van der Waals surface area contributed by atoms with Gasteiger partial charge >= 0.3 is 6.03 Å². The molecule has 0 unspecified atom stereocenters. The average molecular weight is 346 g/mol. The monoisotopic (exact) mass is 346 g/mol. The van der Waals surface area contributed by atoms with Gasteiger partial charge in [0.25, 0.3) is 0 Å². The van der Waals surface area contributed by atoms with Crippen LogP contribution in [0.4, 0.5) is 4.79 Å². The van der Waals surface area contributed by atoms with Crippen molar-refractivity contribution in [3.8, 4) is 5.75 Å². The lowest BCUT2D eigenvalue weighted by Gasteiger charge is -2.22. The minimum absolute atomic E-state index is 0.193. The molecule has 2 N–H and O–H groups in total. The van der Waals surface area contributed by atoms with Gasteiger partial charge in [-0.3, -0.25) is 0 Å². The van der Waals surface area contributed by atoms with Gasteiger partial charge in [-0.15, -0.1) is 0 Å². The third kappa shape index (κ3) is 4.07. The molecule has 1 aromatic heterocycles. The topological polar surface area (TPSA) is 72.7 Å². The van der Waals surface area contributed by atoms with Crippen molar-refractivity contribution in [1.29, 1.82) is 0 Å². The van der Waals surface area contributed by atoms with Crippen LogP contribution in [0.25, 0.3) is 11.0 Å². The summed E-state index contributed by atoms with van der Waals surface area (Å²) in [5, 5.41) is 6.74. The summed E-state index contributed by atoms with van der Waals surface area (Å²) in [5.74, 6) is 2.22.